The van der Waals surface area contributed by atoms with E-state index in [-0.39, 0.29) is 33.5 Å². The highest BCUT2D eigenvalue weighted by Crippen LogP contribution is 2.32. The summed E-state index contributed by atoms with van der Waals surface area (Å²) in [6, 6.07) is 7.44. The molecule has 0 atom stereocenters. The Kier molecular flexibility index (Phi) is 5.20. The molecule has 0 unspecified atom stereocenters. The zero-order valence-corrected chi connectivity index (χ0v) is 17.9. The van der Waals surface area contributed by atoms with Gasteiger partial charge >= 0.3 is 0 Å². The minimum atomic E-state index is -3.97. The topological polar surface area (TPSA) is 101 Å². The lowest BCUT2D eigenvalue weighted by Crippen LogP contribution is -2.29. The van der Waals surface area contributed by atoms with Crippen LogP contribution in [0.2, 0.25) is 5.02 Å². The van der Waals surface area contributed by atoms with Gasteiger partial charge in [-0.05, 0) is 61.7 Å². The predicted molar refractivity (Wildman–Crippen MR) is 109 cm³/mol. The first-order valence-corrected chi connectivity index (χ1v) is 11.9. The Balaban J connectivity index is 1.99. The summed E-state index contributed by atoms with van der Waals surface area (Å²) in [5.74, 6) is -0.785. The van der Waals surface area contributed by atoms with Crippen molar-refractivity contribution in [3.63, 3.8) is 0 Å². The molecule has 7 nitrogen and oxygen atoms in total. The number of hydrogen-bond donors (Lipinski definition) is 1. The third kappa shape index (κ3) is 3.74. The van der Waals surface area contributed by atoms with Crippen LogP contribution in [-0.4, -0.2) is 28.5 Å². The molecule has 1 heterocycles. The number of nitrogens with zero attached hydrogens (tertiary/aromatic N) is 1. The minimum Gasteiger partial charge on any atom is -0.278 e. The molecule has 28 heavy (non-hydrogen) atoms. The maximum Gasteiger partial charge on any atom is 0.262 e. The van der Waals surface area contributed by atoms with Gasteiger partial charge in [-0.1, -0.05) is 17.7 Å². The van der Waals surface area contributed by atoms with Crippen molar-refractivity contribution in [1.29, 1.82) is 0 Å². The number of carbonyl (C=O) groups excluding carboxylic acids is 1. The molecule has 0 aliphatic carbocycles. The zero-order chi connectivity index (χ0) is 20.9. The van der Waals surface area contributed by atoms with Gasteiger partial charge < -0.3 is 0 Å². The molecule has 1 N–H and O–H groups in total. The first-order valence-electron chi connectivity index (χ1n) is 8.38. The highest BCUT2D eigenvalue weighted by molar-refractivity contribution is 7.94. The van der Waals surface area contributed by atoms with E-state index in [0.29, 0.717) is 11.1 Å². The van der Waals surface area contributed by atoms with Gasteiger partial charge in [-0.3, -0.25) is 9.52 Å². The normalized spacial score (nSPS) is 16.4. The molecule has 0 aromatic heterocycles. The maximum atomic E-state index is 12.9. The van der Waals surface area contributed by atoms with Crippen LogP contribution in [0.3, 0.4) is 0 Å². The Labute approximate surface area is 169 Å². The van der Waals surface area contributed by atoms with E-state index in [4.69, 9.17) is 11.6 Å². The van der Waals surface area contributed by atoms with Crippen LogP contribution in [0.5, 0.6) is 0 Å². The number of hydrogen-bond acceptors (Lipinski definition) is 5. The summed E-state index contributed by atoms with van der Waals surface area (Å²) < 4.78 is 53.1. The van der Waals surface area contributed by atoms with E-state index in [1.165, 1.54) is 25.1 Å². The summed E-state index contributed by atoms with van der Waals surface area (Å²) in [7, 11) is -7.69. The van der Waals surface area contributed by atoms with Crippen LogP contribution in [0.25, 0.3) is 0 Å². The number of halogens is 1. The van der Waals surface area contributed by atoms with Gasteiger partial charge in [-0.15, -0.1) is 0 Å². The van der Waals surface area contributed by atoms with E-state index in [1.54, 1.807) is 13.0 Å². The summed E-state index contributed by atoms with van der Waals surface area (Å²) in [5.41, 5.74) is 2.30. The largest absolute Gasteiger partial charge is 0.278 e. The molecule has 0 radical (unpaired) electrons. The average molecular weight is 443 g/mol. The van der Waals surface area contributed by atoms with E-state index in [0.717, 1.165) is 9.87 Å². The predicted octanol–water partition coefficient (Wildman–Crippen LogP) is 3.13. The number of benzene rings is 2. The molecule has 0 spiro atoms. The maximum absolute atomic E-state index is 12.9. The van der Waals surface area contributed by atoms with E-state index in [9.17, 15) is 21.6 Å². The fourth-order valence-corrected chi connectivity index (χ4v) is 6.42. The van der Waals surface area contributed by atoms with Crippen molar-refractivity contribution < 1.29 is 21.6 Å². The number of amides is 1. The van der Waals surface area contributed by atoms with Crippen molar-refractivity contribution in [1.82, 2.24) is 0 Å². The van der Waals surface area contributed by atoms with Crippen molar-refractivity contribution in [2.45, 2.75) is 32.1 Å². The zero-order valence-electron chi connectivity index (χ0n) is 15.5. The molecule has 1 amide bonds. The van der Waals surface area contributed by atoms with Gasteiger partial charge in [0.15, 0.2) is 0 Å². The lowest BCUT2D eigenvalue weighted by molar-refractivity contribution is -0.116. The van der Waals surface area contributed by atoms with Gasteiger partial charge in [-0.2, -0.15) is 0 Å². The van der Waals surface area contributed by atoms with Crippen molar-refractivity contribution in [2.75, 3.05) is 14.8 Å². The van der Waals surface area contributed by atoms with Gasteiger partial charge in [0.1, 0.15) is 0 Å². The molecule has 150 valence electrons. The summed E-state index contributed by atoms with van der Waals surface area (Å²) in [6.45, 7) is 5.14. The van der Waals surface area contributed by atoms with E-state index in [1.807, 2.05) is 13.0 Å². The van der Waals surface area contributed by atoms with E-state index < -0.39 is 26.0 Å². The molecule has 2 aromatic rings. The van der Waals surface area contributed by atoms with Crippen molar-refractivity contribution in [2.24, 2.45) is 0 Å². The summed E-state index contributed by atoms with van der Waals surface area (Å²) in [6.07, 6.45) is -0.0891. The molecule has 1 fully saturated rings. The minimum absolute atomic E-state index is 0.0312. The number of rotatable bonds is 4. The number of anilines is 2. The smallest absolute Gasteiger partial charge is 0.262 e. The fraction of sp³-hybridized carbons (Fsp3) is 0.278. The Hall–Kier alpha value is -2.10. The van der Waals surface area contributed by atoms with Crippen LogP contribution in [0.4, 0.5) is 11.4 Å². The Bertz CT molecular complexity index is 1170. The van der Waals surface area contributed by atoms with Crippen molar-refractivity contribution in [3.8, 4) is 0 Å². The van der Waals surface area contributed by atoms with Crippen LogP contribution in [0.1, 0.15) is 23.1 Å². The molecule has 0 saturated carbocycles. The highest BCUT2D eigenvalue weighted by atomic mass is 35.5. The van der Waals surface area contributed by atoms with Gasteiger partial charge in [0.2, 0.25) is 15.9 Å². The van der Waals surface area contributed by atoms with Crippen LogP contribution < -0.4 is 9.03 Å². The quantitative estimate of drug-likeness (QED) is 0.783. The molecule has 1 saturated heterocycles. The summed E-state index contributed by atoms with van der Waals surface area (Å²) >= 11 is 6.19. The second kappa shape index (κ2) is 7.06. The van der Waals surface area contributed by atoms with E-state index >= 15 is 0 Å². The molecule has 0 bridgehead atoms. The van der Waals surface area contributed by atoms with Gasteiger partial charge in [0, 0.05) is 6.42 Å². The van der Waals surface area contributed by atoms with Gasteiger partial charge in [-0.25, -0.2) is 21.1 Å². The highest BCUT2D eigenvalue weighted by Gasteiger charge is 2.36. The molecule has 1 aliphatic heterocycles. The van der Waals surface area contributed by atoms with E-state index in [2.05, 4.69) is 4.72 Å². The Morgan fingerprint density at radius 2 is 1.75 bits per heavy atom. The monoisotopic (exact) mass is 442 g/mol. The molecule has 2 aromatic carbocycles. The lowest BCUT2D eigenvalue weighted by atomic mass is 10.1. The first kappa shape index (κ1) is 20.6. The number of carbonyl (C=O) groups is 1. The van der Waals surface area contributed by atoms with Gasteiger partial charge in [0.25, 0.3) is 10.0 Å². The van der Waals surface area contributed by atoms with Crippen molar-refractivity contribution in [3.05, 3.63) is 52.0 Å². The van der Waals surface area contributed by atoms with Crippen LogP contribution in [0.15, 0.2) is 35.2 Å². The molecular weight excluding hydrogens is 424 g/mol. The second-order valence-corrected chi connectivity index (χ2v) is 10.7. The molecule has 1 aliphatic rings. The number of sulfonamides is 2. The molecular formula is C18H19ClN2O5S2. The second-order valence-electron chi connectivity index (χ2n) is 6.72. The standard InChI is InChI=1S/C18H19ClN2O5S2/c1-11-8-13(3)18(15(19)9-11)20-28(25,26)16-5-4-14(10-12(16)2)21-17(22)6-7-27(21,23)24/h4-5,8-10,20H,6-7H2,1-3H3. The van der Waals surface area contributed by atoms with Crippen molar-refractivity contribution >= 4 is 48.9 Å². The van der Waals surface area contributed by atoms with Gasteiger partial charge in [0.05, 0.1) is 27.0 Å². The third-order valence-corrected chi connectivity index (χ3v) is 7.93. The van der Waals surface area contributed by atoms with Crippen LogP contribution in [0, 0.1) is 20.8 Å². The summed E-state index contributed by atoms with van der Waals surface area (Å²) in [4.78, 5) is 11.9. The van der Waals surface area contributed by atoms with Crippen LogP contribution in [-0.2, 0) is 24.8 Å². The Morgan fingerprint density at radius 1 is 1.07 bits per heavy atom. The lowest BCUT2D eigenvalue weighted by Gasteiger charge is -2.18. The Morgan fingerprint density at radius 3 is 2.29 bits per heavy atom. The average Bonchev–Trinajstić information content (AvgIpc) is 2.83. The molecule has 10 heteroatoms. The number of aryl methyl sites for hydroxylation is 3. The SMILES string of the molecule is Cc1cc(C)c(NS(=O)(=O)c2ccc(N3C(=O)CCS3(=O)=O)cc2C)c(Cl)c1. The summed E-state index contributed by atoms with van der Waals surface area (Å²) in [5, 5.41) is 0.282. The van der Waals surface area contributed by atoms with Crippen LogP contribution >= 0.6 is 11.6 Å². The molecule has 3 rings (SSSR count). The first-order chi connectivity index (χ1) is 12.9. The third-order valence-electron chi connectivity index (χ3n) is 4.43. The fourth-order valence-electron chi connectivity index (χ4n) is 3.16. The number of nitrogens with one attached hydrogen (secondary N) is 1.